The van der Waals surface area contributed by atoms with Gasteiger partial charge in [-0.3, -0.25) is 4.48 Å². The fourth-order valence-electron chi connectivity index (χ4n) is 1.28. The normalized spacial score (nSPS) is 27.9. The quantitative estimate of drug-likeness (QED) is 0.482. The summed E-state index contributed by atoms with van der Waals surface area (Å²) < 4.78 is 0.799. The lowest BCUT2D eigenvalue weighted by molar-refractivity contribution is -0.953. The Balaban J connectivity index is 2.48. The number of piperazine rings is 1. The van der Waals surface area contributed by atoms with E-state index in [1.54, 1.807) is 0 Å². The first kappa shape index (κ1) is 7.98. The van der Waals surface area contributed by atoms with Crippen LogP contribution in [0, 0.1) is 0 Å². The van der Waals surface area contributed by atoms with Crippen molar-refractivity contribution < 1.29 is 9.59 Å². The molecule has 0 bridgehead atoms. The minimum Gasteiger partial charge on any atom is -0.345 e. The SMILES string of the molecule is CC(O)[N+]1(C)CCNCC1. The summed E-state index contributed by atoms with van der Waals surface area (Å²) in [4.78, 5) is 0. The molecule has 0 aromatic rings. The lowest BCUT2D eigenvalue weighted by atomic mass is 10.3. The van der Waals surface area contributed by atoms with Crippen molar-refractivity contribution in [2.45, 2.75) is 13.2 Å². The predicted octanol–water partition coefficient (Wildman–Crippen LogP) is -0.625. The van der Waals surface area contributed by atoms with Gasteiger partial charge in [-0.1, -0.05) is 0 Å². The van der Waals surface area contributed by atoms with Crippen LogP contribution in [0.3, 0.4) is 0 Å². The van der Waals surface area contributed by atoms with Gasteiger partial charge in [0.15, 0.2) is 6.23 Å². The molecule has 2 N–H and O–H groups in total. The molecule has 0 radical (unpaired) electrons. The summed E-state index contributed by atoms with van der Waals surface area (Å²) in [7, 11) is 2.10. The molecule has 0 spiro atoms. The third kappa shape index (κ3) is 1.48. The van der Waals surface area contributed by atoms with Gasteiger partial charge in [-0.25, -0.2) is 0 Å². The van der Waals surface area contributed by atoms with Gasteiger partial charge in [0.25, 0.3) is 0 Å². The minimum atomic E-state index is -0.220. The van der Waals surface area contributed by atoms with Crippen LogP contribution in [0.4, 0.5) is 0 Å². The molecule has 1 fully saturated rings. The number of aliphatic hydroxyl groups is 1. The highest BCUT2D eigenvalue weighted by Gasteiger charge is 2.28. The zero-order valence-corrected chi connectivity index (χ0v) is 6.80. The van der Waals surface area contributed by atoms with Crippen LogP contribution in [0.2, 0.25) is 0 Å². The van der Waals surface area contributed by atoms with Gasteiger partial charge in [0.05, 0.1) is 20.1 Å². The molecular weight excluding hydrogens is 128 g/mol. The first-order valence-corrected chi connectivity index (χ1v) is 3.88. The standard InChI is InChI=1S/C7H17N2O/c1-7(10)9(2)5-3-8-4-6-9/h7-8,10H,3-6H2,1-2H3/q+1. The Labute approximate surface area is 62.2 Å². The average Bonchev–Trinajstić information content (AvgIpc) is 1.89. The highest BCUT2D eigenvalue weighted by atomic mass is 16.3. The van der Waals surface area contributed by atoms with Crippen LogP contribution in [-0.2, 0) is 0 Å². The Morgan fingerprint density at radius 2 is 1.90 bits per heavy atom. The average molecular weight is 145 g/mol. The van der Waals surface area contributed by atoms with E-state index >= 15 is 0 Å². The van der Waals surface area contributed by atoms with E-state index < -0.39 is 0 Å². The van der Waals surface area contributed by atoms with Crippen LogP contribution in [0.25, 0.3) is 0 Å². The third-order valence-corrected chi connectivity index (χ3v) is 2.50. The Bertz CT molecular complexity index is 108. The predicted molar refractivity (Wildman–Crippen MR) is 40.5 cm³/mol. The molecular formula is C7H17N2O+. The Hall–Kier alpha value is -0.120. The highest BCUT2D eigenvalue weighted by Crippen LogP contribution is 2.08. The monoisotopic (exact) mass is 145 g/mol. The molecule has 10 heavy (non-hydrogen) atoms. The van der Waals surface area contributed by atoms with E-state index in [9.17, 15) is 5.11 Å². The summed E-state index contributed by atoms with van der Waals surface area (Å²) in [5.74, 6) is 0. The van der Waals surface area contributed by atoms with Crippen LogP contribution in [-0.4, -0.2) is 49.0 Å². The van der Waals surface area contributed by atoms with Crippen LogP contribution < -0.4 is 5.32 Å². The maximum absolute atomic E-state index is 9.38. The summed E-state index contributed by atoms with van der Waals surface area (Å²) >= 11 is 0. The summed E-state index contributed by atoms with van der Waals surface area (Å²) in [6.07, 6.45) is -0.220. The van der Waals surface area contributed by atoms with E-state index in [0.717, 1.165) is 30.7 Å². The summed E-state index contributed by atoms with van der Waals surface area (Å²) in [6, 6.07) is 0. The van der Waals surface area contributed by atoms with Gasteiger partial charge in [0, 0.05) is 20.0 Å². The lowest BCUT2D eigenvalue weighted by Gasteiger charge is -2.40. The van der Waals surface area contributed by atoms with Crippen molar-refractivity contribution in [1.82, 2.24) is 5.32 Å². The smallest absolute Gasteiger partial charge is 0.187 e. The van der Waals surface area contributed by atoms with Crippen molar-refractivity contribution in [1.29, 1.82) is 0 Å². The van der Waals surface area contributed by atoms with Gasteiger partial charge in [-0.05, 0) is 0 Å². The number of hydrogen-bond acceptors (Lipinski definition) is 2. The first-order chi connectivity index (χ1) is 4.65. The Morgan fingerprint density at radius 3 is 2.20 bits per heavy atom. The molecule has 0 saturated carbocycles. The Morgan fingerprint density at radius 1 is 1.40 bits per heavy atom. The lowest BCUT2D eigenvalue weighted by Crippen LogP contribution is -2.60. The third-order valence-electron chi connectivity index (χ3n) is 2.50. The number of quaternary nitrogens is 1. The molecule has 1 aliphatic heterocycles. The molecule has 1 heterocycles. The van der Waals surface area contributed by atoms with Crippen LogP contribution in [0.5, 0.6) is 0 Å². The summed E-state index contributed by atoms with van der Waals surface area (Å²) in [6.45, 7) is 6.00. The van der Waals surface area contributed by atoms with Crippen molar-refractivity contribution >= 4 is 0 Å². The zero-order valence-electron chi connectivity index (χ0n) is 6.80. The van der Waals surface area contributed by atoms with Gasteiger partial charge >= 0.3 is 0 Å². The fourth-order valence-corrected chi connectivity index (χ4v) is 1.28. The van der Waals surface area contributed by atoms with Gasteiger partial charge in [-0.2, -0.15) is 0 Å². The highest BCUT2D eigenvalue weighted by molar-refractivity contribution is 4.54. The molecule has 3 heteroatoms. The van der Waals surface area contributed by atoms with Crippen molar-refractivity contribution in [2.24, 2.45) is 0 Å². The topological polar surface area (TPSA) is 32.3 Å². The van der Waals surface area contributed by atoms with Crippen LogP contribution in [0.1, 0.15) is 6.92 Å². The number of nitrogens with zero attached hydrogens (tertiary/aromatic N) is 1. The van der Waals surface area contributed by atoms with E-state index in [0.29, 0.717) is 0 Å². The molecule has 0 aromatic heterocycles. The maximum Gasteiger partial charge on any atom is 0.187 e. The van der Waals surface area contributed by atoms with Crippen LogP contribution in [0.15, 0.2) is 0 Å². The van der Waals surface area contributed by atoms with Crippen molar-refractivity contribution in [3.8, 4) is 0 Å². The van der Waals surface area contributed by atoms with Crippen molar-refractivity contribution in [3.05, 3.63) is 0 Å². The number of rotatable bonds is 1. The van der Waals surface area contributed by atoms with Gasteiger partial charge in [0.1, 0.15) is 0 Å². The molecule has 1 unspecified atom stereocenters. The molecule has 1 atom stereocenters. The fraction of sp³-hybridized carbons (Fsp3) is 1.00. The first-order valence-electron chi connectivity index (χ1n) is 3.88. The Kier molecular flexibility index (Phi) is 2.28. The molecule has 1 rings (SSSR count). The molecule has 60 valence electrons. The summed E-state index contributed by atoms with van der Waals surface area (Å²) in [5, 5.41) is 12.6. The molecule has 1 saturated heterocycles. The minimum absolute atomic E-state index is 0.220. The number of likely N-dealkylation sites (N-methyl/N-ethyl adjacent to an activating group) is 1. The second-order valence-corrected chi connectivity index (χ2v) is 3.31. The zero-order chi connectivity index (χ0) is 7.61. The largest absolute Gasteiger partial charge is 0.345 e. The number of nitrogens with one attached hydrogen (secondary N) is 1. The molecule has 0 aromatic carbocycles. The van der Waals surface area contributed by atoms with Gasteiger partial charge in [0.2, 0.25) is 0 Å². The maximum atomic E-state index is 9.38. The van der Waals surface area contributed by atoms with Crippen molar-refractivity contribution in [2.75, 3.05) is 33.2 Å². The van der Waals surface area contributed by atoms with E-state index in [1.165, 1.54) is 0 Å². The van der Waals surface area contributed by atoms with E-state index in [2.05, 4.69) is 12.4 Å². The molecule has 0 amide bonds. The second-order valence-electron chi connectivity index (χ2n) is 3.31. The summed E-state index contributed by atoms with van der Waals surface area (Å²) in [5.41, 5.74) is 0. The van der Waals surface area contributed by atoms with Gasteiger partial charge in [-0.15, -0.1) is 0 Å². The van der Waals surface area contributed by atoms with E-state index in [1.807, 2.05) is 6.92 Å². The number of aliphatic hydroxyl groups excluding tert-OH is 1. The second kappa shape index (κ2) is 2.86. The molecule has 1 aliphatic rings. The van der Waals surface area contributed by atoms with Crippen LogP contribution >= 0.6 is 0 Å². The van der Waals surface area contributed by atoms with E-state index in [4.69, 9.17) is 0 Å². The molecule has 3 nitrogen and oxygen atoms in total. The van der Waals surface area contributed by atoms with Gasteiger partial charge < -0.3 is 10.4 Å². The number of hydrogen-bond donors (Lipinski definition) is 2. The van der Waals surface area contributed by atoms with Crippen molar-refractivity contribution in [3.63, 3.8) is 0 Å². The molecule has 0 aliphatic carbocycles. The van der Waals surface area contributed by atoms with E-state index in [-0.39, 0.29) is 6.23 Å².